The van der Waals surface area contributed by atoms with Crippen molar-refractivity contribution in [2.24, 2.45) is 0 Å². The Balaban J connectivity index is 3.12. The van der Waals surface area contributed by atoms with Crippen molar-refractivity contribution >= 4 is 16.9 Å². The molecule has 76 valence electrons. The van der Waals surface area contributed by atoms with Crippen LogP contribution in [0, 0.1) is 10.1 Å². The highest BCUT2D eigenvalue weighted by molar-refractivity contribution is 7.91. The maximum Gasteiger partial charge on any atom is 0.315 e. The Bertz CT molecular complexity index is 355. The molecule has 0 radical (unpaired) electrons. The predicted molar refractivity (Wildman–Crippen MR) is 51.7 cm³/mol. The first-order valence-electron chi connectivity index (χ1n) is 3.92. The zero-order valence-corrected chi connectivity index (χ0v) is 8.28. The van der Waals surface area contributed by atoms with Crippen molar-refractivity contribution in [1.82, 2.24) is 0 Å². The van der Waals surface area contributed by atoms with E-state index in [0.29, 0.717) is 10.6 Å². The van der Waals surface area contributed by atoms with E-state index in [2.05, 4.69) is 0 Å². The van der Waals surface area contributed by atoms with E-state index in [1.165, 1.54) is 12.1 Å². The summed E-state index contributed by atoms with van der Waals surface area (Å²) in [7, 11) is 0. The topological polar surface area (TPSA) is 86.4 Å². The average Bonchev–Trinajstić information content (AvgIpc) is 2.17. The highest BCUT2D eigenvalue weighted by Gasteiger charge is 2.18. The summed E-state index contributed by atoms with van der Waals surface area (Å²) in [4.78, 5) is 10.1. The molecule has 0 aliphatic heterocycles. The van der Waals surface area contributed by atoms with Crippen molar-refractivity contribution in [3.8, 4) is 5.75 Å². The smallest absolute Gasteiger partial charge is 0.315 e. The molecule has 1 N–H and O–H groups in total. The molecule has 0 bridgehead atoms. The second-order valence-corrected chi connectivity index (χ2v) is 4.28. The zero-order valence-electron chi connectivity index (χ0n) is 7.47. The minimum Gasteiger partial charge on any atom is -0.611 e. The third kappa shape index (κ3) is 2.15. The number of benzene rings is 1. The molecule has 0 saturated carbocycles. The van der Waals surface area contributed by atoms with E-state index < -0.39 is 27.5 Å². The Hall–Kier alpha value is -1.27. The van der Waals surface area contributed by atoms with E-state index >= 15 is 0 Å². The monoisotopic (exact) mass is 215 g/mol. The lowest BCUT2D eigenvalue weighted by atomic mass is 10.3. The van der Waals surface area contributed by atoms with Gasteiger partial charge < -0.3 is 9.66 Å². The number of nitrogens with zero attached hydrogens (tertiary/aromatic N) is 1. The van der Waals surface area contributed by atoms with Crippen LogP contribution in [0.1, 0.15) is 6.92 Å². The molecule has 0 amide bonds. The molecule has 1 unspecified atom stereocenters. The van der Waals surface area contributed by atoms with Crippen LogP contribution in [0.15, 0.2) is 23.1 Å². The molecular formula is C8H9NO4S. The maximum absolute atomic E-state index is 11.3. The SMILES string of the molecule is CC[S+]([O-])c1ccc(O)c([N+](=O)[O-])c1. The molecule has 14 heavy (non-hydrogen) atoms. The molecule has 1 rings (SSSR count). The van der Waals surface area contributed by atoms with Crippen molar-refractivity contribution in [3.05, 3.63) is 28.3 Å². The molecule has 0 aliphatic carbocycles. The third-order valence-corrected chi connectivity index (χ3v) is 2.97. The normalized spacial score (nSPS) is 12.4. The minimum atomic E-state index is -1.24. The van der Waals surface area contributed by atoms with Crippen LogP contribution in [0.4, 0.5) is 5.69 Å². The largest absolute Gasteiger partial charge is 0.611 e. The number of nitro benzene ring substituents is 1. The first kappa shape index (κ1) is 10.8. The van der Waals surface area contributed by atoms with Gasteiger partial charge in [0.05, 0.1) is 11.0 Å². The van der Waals surface area contributed by atoms with Crippen molar-refractivity contribution in [2.75, 3.05) is 5.75 Å². The number of hydrogen-bond acceptors (Lipinski definition) is 4. The van der Waals surface area contributed by atoms with Gasteiger partial charge in [0, 0.05) is 0 Å². The summed E-state index contributed by atoms with van der Waals surface area (Å²) < 4.78 is 11.3. The Kier molecular flexibility index (Phi) is 3.32. The number of rotatable bonds is 3. The Morgan fingerprint density at radius 2 is 2.21 bits per heavy atom. The van der Waals surface area contributed by atoms with E-state index in [0.717, 1.165) is 6.07 Å². The third-order valence-electron chi connectivity index (χ3n) is 1.67. The molecular weight excluding hydrogens is 206 g/mol. The number of hydrogen-bond donors (Lipinski definition) is 1. The second-order valence-electron chi connectivity index (χ2n) is 2.54. The molecule has 0 aromatic heterocycles. The highest BCUT2D eigenvalue weighted by atomic mass is 32.2. The van der Waals surface area contributed by atoms with Crippen molar-refractivity contribution < 1.29 is 14.6 Å². The van der Waals surface area contributed by atoms with Gasteiger partial charge in [-0.25, -0.2) is 0 Å². The first-order chi connectivity index (χ1) is 6.56. The fourth-order valence-corrected chi connectivity index (χ4v) is 1.75. The van der Waals surface area contributed by atoms with Gasteiger partial charge in [0.25, 0.3) is 0 Å². The minimum absolute atomic E-state index is 0.358. The van der Waals surface area contributed by atoms with Crippen LogP contribution < -0.4 is 0 Å². The second kappa shape index (κ2) is 4.30. The Morgan fingerprint density at radius 3 is 2.71 bits per heavy atom. The van der Waals surface area contributed by atoms with Crippen LogP contribution in [0.5, 0.6) is 5.75 Å². The zero-order chi connectivity index (χ0) is 10.7. The first-order valence-corrected chi connectivity index (χ1v) is 5.24. The Labute approximate surface area is 83.7 Å². The van der Waals surface area contributed by atoms with Crippen LogP contribution in [-0.4, -0.2) is 20.3 Å². The van der Waals surface area contributed by atoms with Crippen molar-refractivity contribution in [3.63, 3.8) is 0 Å². The van der Waals surface area contributed by atoms with Crippen LogP contribution >= 0.6 is 0 Å². The lowest BCUT2D eigenvalue weighted by Crippen LogP contribution is -2.04. The van der Waals surface area contributed by atoms with Gasteiger partial charge in [0.15, 0.2) is 10.6 Å². The fraction of sp³-hybridized carbons (Fsp3) is 0.250. The Morgan fingerprint density at radius 1 is 1.57 bits per heavy atom. The van der Waals surface area contributed by atoms with Crippen LogP contribution in [0.3, 0.4) is 0 Å². The van der Waals surface area contributed by atoms with Gasteiger partial charge in [-0.2, -0.15) is 0 Å². The van der Waals surface area contributed by atoms with Gasteiger partial charge in [-0.3, -0.25) is 10.1 Å². The van der Waals surface area contributed by atoms with Crippen LogP contribution in [0.2, 0.25) is 0 Å². The number of aromatic hydroxyl groups is 1. The highest BCUT2D eigenvalue weighted by Crippen LogP contribution is 2.28. The molecule has 0 heterocycles. The standard InChI is InChI=1S/C8H9NO4S/c1-2-14(13)6-3-4-8(10)7(5-6)9(11)12/h3-5,10H,2H2,1H3. The number of phenols is 1. The van der Waals surface area contributed by atoms with Gasteiger partial charge in [-0.1, -0.05) is 0 Å². The summed E-state index contributed by atoms with van der Waals surface area (Å²) in [5.74, 6) is -0.0195. The molecule has 0 saturated heterocycles. The fourth-order valence-electron chi connectivity index (χ4n) is 0.958. The van der Waals surface area contributed by atoms with Crippen molar-refractivity contribution in [1.29, 1.82) is 0 Å². The summed E-state index contributed by atoms with van der Waals surface area (Å²) in [6.07, 6.45) is 0. The molecule has 1 aromatic carbocycles. The molecule has 0 aliphatic rings. The van der Waals surface area contributed by atoms with Gasteiger partial charge in [0.2, 0.25) is 0 Å². The quantitative estimate of drug-likeness (QED) is 0.469. The molecule has 0 fully saturated rings. The van der Waals surface area contributed by atoms with E-state index in [9.17, 15) is 14.7 Å². The van der Waals surface area contributed by atoms with E-state index in [1.807, 2.05) is 0 Å². The average molecular weight is 215 g/mol. The lowest BCUT2D eigenvalue weighted by Gasteiger charge is -2.07. The van der Waals surface area contributed by atoms with Crippen LogP contribution in [-0.2, 0) is 11.2 Å². The lowest BCUT2D eigenvalue weighted by molar-refractivity contribution is -0.386. The molecule has 6 heteroatoms. The summed E-state index contributed by atoms with van der Waals surface area (Å²) >= 11 is -1.24. The summed E-state index contributed by atoms with van der Waals surface area (Å²) in [6, 6.07) is 3.73. The van der Waals surface area contributed by atoms with Gasteiger partial charge in [-0.05, 0) is 30.2 Å². The van der Waals surface area contributed by atoms with Crippen LogP contribution in [0.25, 0.3) is 0 Å². The number of nitro groups is 1. The van der Waals surface area contributed by atoms with Gasteiger partial charge in [0.1, 0.15) is 5.75 Å². The van der Waals surface area contributed by atoms with Crippen molar-refractivity contribution in [2.45, 2.75) is 11.8 Å². The summed E-state index contributed by atoms with van der Waals surface area (Å²) in [6.45, 7) is 1.72. The van der Waals surface area contributed by atoms with E-state index in [1.54, 1.807) is 6.92 Å². The molecule has 5 nitrogen and oxygen atoms in total. The molecule has 1 atom stereocenters. The molecule has 0 spiro atoms. The molecule has 1 aromatic rings. The van der Waals surface area contributed by atoms with Gasteiger partial charge in [-0.15, -0.1) is 0 Å². The summed E-state index contributed by atoms with van der Waals surface area (Å²) in [5, 5.41) is 19.6. The van der Waals surface area contributed by atoms with E-state index in [-0.39, 0.29) is 0 Å². The number of phenolic OH excluding ortho intramolecular Hbond substituents is 1. The van der Waals surface area contributed by atoms with E-state index in [4.69, 9.17) is 5.11 Å². The summed E-state index contributed by atoms with van der Waals surface area (Å²) in [5.41, 5.74) is -0.413. The predicted octanol–water partition coefficient (Wildman–Crippen LogP) is 1.43. The van der Waals surface area contributed by atoms with Gasteiger partial charge >= 0.3 is 5.69 Å². The maximum atomic E-state index is 11.3.